The van der Waals surface area contributed by atoms with Crippen LogP contribution in [0.1, 0.15) is 32.9 Å². The van der Waals surface area contributed by atoms with Crippen LogP contribution in [0.2, 0.25) is 5.15 Å². The van der Waals surface area contributed by atoms with Crippen LogP contribution < -0.4 is 5.32 Å². The van der Waals surface area contributed by atoms with E-state index in [2.05, 4.69) is 20.4 Å². The SMILES string of the molecule is CC(C)(C)OC(=O)N[C@@H]1CCN(Cc2ccc(Cl)nn2)C1. The standard InChI is InChI=1S/C14H21ClN4O2/c1-14(2,3)21-13(20)16-10-6-7-19(8-10)9-11-4-5-12(15)18-17-11/h4-5,10H,6-9H2,1-3H3,(H,16,20)/t10-/m1/s1. The molecule has 1 saturated heterocycles. The maximum atomic E-state index is 11.7. The van der Waals surface area contributed by atoms with Crippen LogP contribution in [0.3, 0.4) is 0 Å². The maximum Gasteiger partial charge on any atom is 0.407 e. The molecule has 2 rings (SSSR count). The molecule has 1 aliphatic heterocycles. The molecule has 1 N–H and O–H groups in total. The van der Waals surface area contributed by atoms with E-state index in [0.717, 1.165) is 25.2 Å². The molecule has 0 bridgehead atoms. The second kappa shape index (κ2) is 6.58. The van der Waals surface area contributed by atoms with Gasteiger partial charge in [0.15, 0.2) is 5.15 Å². The lowest BCUT2D eigenvalue weighted by atomic mass is 10.2. The summed E-state index contributed by atoms with van der Waals surface area (Å²) >= 11 is 5.71. The third-order valence-electron chi connectivity index (χ3n) is 3.07. The number of amides is 1. The molecule has 1 amide bonds. The van der Waals surface area contributed by atoms with Crippen molar-refractivity contribution >= 4 is 17.7 Å². The van der Waals surface area contributed by atoms with E-state index in [-0.39, 0.29) is 12.1 Å². The van der Waals surface area contributed by atoms with Crippen LogP contribution >= 0.6 is 11.6 Å². The van der Waals surface area contributed by atoms with Crippen molar-refractivity contribution in [3.63, 3.8) is 0 Å². The predicted molar refractivity (Wildman–Crippen MR) is 80.1 cm³/mol. The number of halogens is 1. The summed E-state index contributed by atoms with van der Waals surface area (Å²) in [5, 5.41) is 11.2. The number of hydrogen-bond acceptors (Lipinski definition) is 5. The summed E-state index contributed by atoms with van der Waals surface area (Å²) in [7, 11) is 0. The fraction of sp³-hybridized carbons (Fsp3) is 0.643. The average Bonchev–Trinajstić information content (AvgIpc) is 2.77. The maximum absolute atomic E-state index is 11.7. The Morgan fingerprint density at radius 1 is 1.48 bits per heavy atom. The van der Waals surface area contributed by atoms with Crippen molar-refractivity contribution < 1.29 is 9.53 Å². The Kier molecular flexibility index (Phi) is 5.00. The normalized spacial score (nSPS) is 19.5. The molecule has 1 atom stereocenters. The Labute approximate surface area is 129 Å². The number of carbonyl (C=O) groups excluding carboxylic acids is 1. The molecular weight excluding hydrogens is 292 g/mol. The van der Waals surface area contributed by atoms with E-state index >= 15 is 0 Å². The quantitative estimate of drug-likeness (QED) is 0.927. The highest BCUT2D eigenvalue weighted by molar-refractivity contribution is 6.29. The zero-order chi connectivity index (χ0) is 15.5. The fourth-order valence-electron chi connectivity index (χ4n) is 2.23. The largest absolute Gasteiger partial charge is 0.444 e. The van der Waals surface area contributed by atoms with Gasteiger partial charge >= 0.3 is 6.09 Å². The molecule has 0 saturated carbocycles. The Balaban J connectivity index is 1.78. The van der Waals surface area contributed by atoms with Crippen molar-refractivity contribution in [2.45, 2.75) is 45.4 Å². The summed E-state index contributed by atoms with van der Waals surface area (Å²) < 4.78 is 5.26. The van der Waals surface area contributed by atoms with Crippen molar-refractivity contribution in [3.05, 3.63) is 23.0 Å². The average molecular weight is 313 g/mol. The smallest absolute Gasteiger partial charge is 0.407 e. The molecule has 0 aliphatic carbocycles. The van der Waals surface area contributed by atoms with Gasteiger partial charge in [0.05, 0.1) is 5.69 Å². The number of nitrogens with one attached hydrogen (secondary N) is 1. The topological polar surface area (TPSA) is 67.3 Å². The number of hydrogen-bond donors (Lipinski definition) is 1. The molecule has 6 nitrogen and oxygen atoms in total. The van der Waals surface area contributed by atoms with Crippen molar-refractivity contribution in [2.75, 3.05) is 13.1 Å². The molecule has 0 radical (unpaired) electrons. The Morgan fingerprint density at radius 2 is 2.24 bits per heavy atom. The molecule has 0 unspecified atom stereocenters. The van der Waals surface area contributed by atoms with Gasteiger partial charge in [-0.25, -0.2) is 4.79 Å². The molecule has 7 heteroatoms. The molecule has 2 heterocycles. The van der Waals surface area contributed by atoms with Crippen LogP contribution in [0.4, 0.5) is 4.79 Å². The van der Waals surface area contributed by atoms with E-state index in [9.17, 15) is 4.79 Å². The molecule has 116 valence electrons. The zero-order valence-corrected chi connectivity index (χ0v) is 13.4. The van der Waals surface area contributed by atoms with Crippen molar-refractivity contribution in [2.24, 2.45) is 0 Å². The van der Waals surface area contributed by atoms with Gasteiger partial charge in [-0.2, -0.15) is 5.10 Å². The van der Waals surface area contributed by atoms with E-state index in [1.807, 2.05) is 26.8 Å². The predicted octanol–water partition coefficient (Wildman–Crippen LogP) is 2.23. The number of likely N-dealkylation sites (tertiary alicyclic amines) is 1. The number of ether oxygens (including phenoxy) is 1. The second-order valence-corrected chi connectivity index (χ2v) is 6.60. The lowest BCUT2D eigenvalue weighted by molar-refractivity contribution is 0.0505. The molecule has 0 aromatic carbocycles. The van der Waals surface area contributed by atoms with Crippen molar-refractivity contribution in [3.8, 4) is 0 Å². The highest BCUT2D eigenvalue weighted by atomic mass is 35.5. The molecule has 21 heavy (non-hydrogen) atoms. The highest BCUT2D eigenvalue weighted by Gasteiger charge is 2.26. The van der Waals surface area contributed by atoms with Crippen LogP contribution in [0.15, 0.2) is 12.1 Å². The van der Waals surface area contributed by atoms with Crippen LogP contribution in [0.5, 0.6) is 0 Å². The van der Waals surface area contributed by atoms with Crippen LogP contribution in [-0.2, 0) is 11.3 Å². The van der Waals surface area contributed by atoms with Gasteiger partial charge in [0.25, 0.3) is 0 Å². The van der Waals surface area contributed by atoms with Gasteiger partial charge in [-0.3, -0.25) is 4.90 Å². The first-order valence-corrected chi connectivity index (χ1v) is 7.39. The Bertz CT molecular complexity index is 487. The molecule has 1 aromatic rings. The van der Waals surface area contributed by atoms with Crippen molar-refractivity contribution in [1.82, 2.24) is 20.4 Å². The molecule has 1 fully saturated rings. The van der Waals surface area contributed by atoms with Crippen LogP contribution in [-0.4, -0.2) is 45.9 Å². The van der Waals surface area contributed by atoms with E-state index in [0.29, 0.717) is 11.7 Å². The van der Waals surface area contributed by atoms with E-state index < -0.39 is 5.60 Å². The minimum absolute atomic E-state index is 0.111. The number of aromatic nitrogens is 2. The summed E-state index contributed by atoms with van der Waals surface area (Å²) in [6.07, 6.45) is 0.543. The first-order valence-electron chi connectivity index (χ1n) is 7.02. The first kappa shape index (κ1) is 16.0. The third kappa shape index (κ3) is 5.47. The van der Waals surface area contributed by atoms with Gasteiger partial charge in [-0.15, -0.1) is 5.10 Å². The van der Waals surface area contributed by atoms with E-state index in [1.54, 1.807) is 6.07 Å². The van der Waals surface area contributed by atoms with Crippen molar-refractivity contribution in [1.29, 1.82) is 0 Å². The van der Waals surface area contributed by atoms with Gasteiger partial charge in [-0.05, 0) is 39.3 Å². The number of nitrogens with zero attached hydrogens (tertiary/aromatic N) is 3. The van der Waals surface area contributed by atoms with E-state index in [1.165, 1.54) is 0 Å². The summed E-state index contributed by atoms with van der Waals surface area (Å²) in [4.78, 5) is 14.0. The number of carbonyl (C=O) groups is 1. The van der Waals surface area contributed by atoms with Gasteiger partial charge in [0.2, 0.25) is 0 Å². The molecule has 0 spiro atoms. The summed E-state index contributed by atoms with van der Waals surface area (Å²) in [6, 6.07) is 3.71. The fourth-order valence-corrected chi connectivity index (χ4v) is 2.33. The molecule has 1 aromatic heterocycles. The van der Waals surface area contributed by atoms with Gasteiger partial charge < -0.3 is 10.1 Å². The second-order valence-electron chi connectivity index (χ2n) is 6.21. The molecule has 1 aliphatic rings. The lowest BCUT2D eigenvalue weighted by Crippen LogP contribution is -2.40. The van der Waals surface area contributed by atoms with Crippen LogP contribution in [0, 0.1) is 0 Å². The minimum Gasteiger partial charge on any atom is -0.444 e. The van der Waals surface area contributed by atoms with Gasteiger partial charge in [0.1, 0.15) is 5.60 Å². The zero-order valence-electron chi connectivity index (χ0n) is 12.6. The highest BCUT2D eigenvalue weighted by Crippen LogP contribution is 2.14. The summed E-state index contributed by atoms with van der Waals surface area (Å²) in [5.41, 5.74) is 0.402. The first-order chi connectivity index (χ1) is 9.82. The minimum atomic E-state index is -0.471. The lowest BCUT2D eigenvalue weighted by Gasteiger charge is -2.22. The third-order valence-corrected chi connectivity index (χ3v) is 3.27. The summed E-state index contributed by atoms with van der Waals surface area (Å²) in [5.74, 6) is 0. The van der Waals surface area contributed by atoms with Gasteiger partial charge in [-0.1, -0.05) is 11.6 Å². The summed E-state index contributed by atoms with van der Waals surface area (Å²) in [6.45, 7) is 7.96. The van der Waals surface area contributed by atoms with Gasteiger partial charge in [0, 0.05) is 25.7 Å². The number of alkyl carbamates (subject to hydrolysis) is 1. The number of rotatable bonds is 3. The van der Waals surface area contributed by atoms with E-state index in [4.69, 9.17) is 16.3 Å². The van der Waals surface area contributed by atoms with Crippen LogP contribution in [0.25, 0.3) is 0 Å². The monoisotopic (exact) mass is 312 g/mol. The molecular formula is C14H21ClN4O2. The Morgan fingerprint density at radius 3 is 2.86 bits per heavy atom. The Hall–Kier alpha value is -1.40.